The molecular formula is C26H30N4O2. The van der Waals surface area contributed by atoms with Gasteiger partial charge in [-0.3, -0.25) is 19.1 Å². The van der Waals surface area contributed by atoms with Crippen molar-refractivity contribution in [1.82, 2.24) is 14.9 Å². The Balaban J connectivity index is 1.37. The molecule has 1 saturated carbocycles. The summed E-state index contributed by atoms with van der Waals surface area (Å²) < 4.78 is 2.00. The van der Waals surface area contributed by atoms with Gasteiger partial charge in [0.25, 0.3) is 5.91 Å². The van der Waals surface area contributed by atoms with Crippen LogP contribution in [0.25, 0.3) is 11.0 Å². The van der Waals surface area contributed by atoms with Crippen molar-refractivity contribution < 1.29 is 9.59 Å². The average Bonchev–Trinajstić information content (AvgIpc) is 3.29. The molecule has 6 nitrogen and oxygen atoms in total. The number of nitrogens with one attached hydrogen (secondary N) is 1. The van der Waals surface area contributed by atoms with Crippen molar-refractivity contribution in [2.45, 2.75) is 57.5 Å². The lowest BCUT2D eigenvalue weighted by molar-refractivity contribution is -0.127. The summed E-state index contributed by atoms with van der Waals surface area (Å²) in [7, 11) is 0. The van der Waals surface area contributed by atoms with Crippen LogP contribution in [0.1, 0.15) is 50.6 Å². The quantitative estimate of drug-likeness (QED) is 0.636. The largest absolute Gasteiger partial charge is 0.356 e. The number of benzene rings is 2. The summed E-state index contributed by atoms with van der Waals surface area (Å²) in [4.78, 5) is 33.2. The van der Waals surface area contributed by atoms with Crippen molar-refractivity contribution in [2.24, 2.45) is 5.92 Å². The smallest absolute Gasteiger partial charge is 0.253 e. The Kier molecular flexibility index (Phi) is 5.68. The van der Waals surface area contributed by atoms with Gasteiger partial charge in [-0.2, -0.15) is 0 Å². The van der Waals surface area contributed by atoms with Crippen LogP contribution in [-0.2, 0) is 16.0 Å². The molecule has 6 heteroatoms. The molecule has 0 bridgehead atoms. The Bertz CT molecular complexity index is 1120. The van der Waals surface area contributed by atoms with Crippen LogP contribution in [0.2, 0.25) is 0 Å². The van der Waals surface area contributed by atoms with Crippen molar-refractivity contribution in [2.75, 3.05) is 11.4 Å². The van der Waals surface area contributed by atoms with Crippen LogP contribution in [0.3, 0.4) is 0 Å². The predicted octanol–water partition coefficient (Wildman–Crippen LogP) is 4.25. The van der Waals surface area contributed by atoms with Gasteiger partial charge in [0.2, 0.25) is 11.9 Å². The molecule has 166 valence electrons. The first kappa shape index (κ1) is 20.7. The van der Waals surface area contributed by atoms with Crippen LogP contribution < -0.4 is 10.2 Å². The zero-order chi connectivity index (χ0) is 22.1. The molecule has 1 aliphatic heterocycles. The number of imidazole rings is 1. The normalized spacial score (nSPS) is 22.8. The molecule has 32 heavy (non-hydrogen) atoms. The molecule has 3 aromatic rings. The summed E-state index contributed by atoms with van der Waals surface area (Å²) in [6.45, 7) is 2.79. The van der Waals surface area contributed by atoms with Crippen LogP contribution in [0, 0.1) is 5.92 Å². The van der Waals surface area contributed by atoms with E-state index in [1.54, 1.807) is 0 Å². The van der Waals surface area contributed by atoms with E-state index in [0.29, 0.717) is 18.4 Å². The predicted molar refractivity (Wildman–Crippen MR) is 125 cm³/mol. The van der Waals surface area contributed by atoms with E-state index in [2.05, 4.69) is 24.4 Å². The highest BCUT2D eigenvalue weighted by Gasteiger charge is 2.45. The van der Waals surface area contributed by atoms with Crippen LogP contribution in [0.5, 0.6) is 0 Å². The van der Waals surface area contributed by atoms with Gasteiger partial charge in [0, 0.05) is 12.6 Å². The Morgan fingerprint density at radius 1 is 1.06 bits per heavy atom. The Morgan fingerprint density at radius 3 is 2.62 bits per heavy atom. The average molecular weight is 431 g/mol. The van der Waals surface area contributed by atoms with E-state index in [4.69, 9.17) is 4.98 Å². The maximum absolute atomic E-state index is 13.6. The van der Waals surface area contributed by atoms with Crippen LogP contribution in [-0.4, -0.2) is 34.0 Å². The Labute approximate surface area is 188 Å². The third kappa shape index (κ3) is 3.78. The van der Waals surface area contributed by atoms with E-state index in [-0.39, 0.29) is 24.3 Å². The zero-order valence-corrected chi connectivity index (χ0v) is 18.5. The number of para-hydroxylation sites is 2. The van der Waals surface area contributed by atoms with Gasteiger partial charge >= 0.3 is 0 Å². The molecule has 2 amide bonds. The minimum absolute atomic E-state index is 0.00946. The highest BCUT2D eigenvalue weighted by molar-refractivity contribution is 6.04. The third-order valence-electron chi connectivity index (χ3n) is 6.98. The van der Waals surface area contributed by atoms with E-state index < -0.39 is 6.04 Å². The second kappa shape index (κ2) is 8.77. The molecule has 0 saturated heterocycles. The van der Waals surface area contributed by atoms with E-state index >= 15 is 0 Å². The topological polar surface area (TPSA) is 67.2 Å². The number of carbonyl (C=O) groups excluding carboxylic acids is 2. The lowest BCUT2D eigenvalue weighted by Crippen LogP contribution is -2.45. The van der Waals surface area contributed by atoms with Crippen molar-refractivity contribution in [1.29, 1.82) is 0 Å². The molecule has 1 aliphatic carbocycles. The number of nitrogens with zero attached hydrogens (tertiary/aromatic N) is 3. The van der Waals surface area contributed by atoms with Gasteiger partial charge in [0.05, 0.1) is 17.5 Å². The van der Waals surface area contributed by atoms with Gasteiger partial charge in [-0.25, -0.2) is 4.98 Å². The summed E-state index contributed by atoms with van der Waals surface area (Å²) >= 11 is 0. The number of anilines is 1. The number of carbonyl (C=O) groups is 2. The molecule has 1 fully saturated rings. The number of aromatic nitrogens is 2. The fourth-order valence-corrected chi connectivity index (χ4v) is 5.29. The van der Waals surface area contributed by atoms with E-state index in [0.717, 1.165) is 36.7 Å². The van der Waals surface area contributed by atoms with E-state index in [9.17, 15) is 9.59 Å². The molecule has 0 spiro atoms. The summed E-state index contributed by atoms with van der Waals surface area (Å²) in [5.74, 6) is 1.05. The number of amides is 2. The lowest BCUT2D eigenvalue weighted by Gasteiger charge is -2.35. The number of hydrogen-bond donors (Lipinski definition) is 1. The number of rotatable bonds is 6. The SMILES string of the molecule is C[C@H]1CCCC[C@H]1N1C(=O)[C@@H](CC(=O)NCCc2ccccc2)n2c1nc1ccccc12. The molecular weight excluding hydrogens is 400 g/mol. The van der Waals surface area contributed by atoms with Crippen molar-refractivity contribution >= 4 is 28.8 Å². The number of fused-ring (bicyclic) bond motifs is 3. The number of hydrogen-bond acceptors (Lipinski definition) is 3. The second-order valence-corrected chi connectivity index (χ2v) is 9.11. The molecule has 2 aliphatic rings. The zero-order valence-electron chi connectivity index (χ0n) is 18.5. The van der Waals surface area contributed by atoms with E-state index in [1.165, 1.54) is 12.0 Å². The third-order valence-corrected chi connectivity index (χ3v) is 6.98. The fraction of sp³-hybridized carbons (Fsp3) is 0.423. The van der Waals surface area contributed by atoms with Crippen LogP contribution in [0.15, 0.2) is 54.6 Å². The molecule has 3 atom stereocenters. The lowest BCUT2D eigenvalue weighted by atomic mass is 9.85. The molecule has 1 aromatic heterocycles. The molecule has 5 rings (SSSR count). The van der Waals surface area contributed by atoms with Gasteiger partial charge in [0.15, 0.2) is 0 Å². The van der Waals surface area contributed by atoms with Gasteiger partial charge in [-0.15, -0.1) is 0 Å². The molecule has 2 heterocycles. The van der Waals surface area contributed by atoms with Gasteiger partial charge in [0.1, 0.15) is 6.04 Å². The van der Waals surface area contributed by atoms with Crippen LogP contribution in [0.4, 0.5) is 5.95 Å². The first-order chi connectivity index (χ1) is 15.6. The standard InChI is InChI=1S/C26H30N4O2/c1-18-9-5-7-13-21(18)30-25(32)23(29-22-14-8-6-12-20(22)28-26(29)30)17-24(31)27-16-15-19-10-3-2-4-11-19/h2-4,6,8,10-12,14,18,21,23H,5,7,9,13,15-17H2,1H3,(H,27,31)/t18-,21+,23+/m0/s1. The maximum Gasteiger partial charge on any atom is 0.253 e. The summed E-state index contributed by atoms with van der Waals surface area (Å²) in [5, 5.41) is 3.01. The minimum Gasteiger partial charge on any atom is -0.356 e. The van der Waals surface area contributed by atoms with Crippen molar-refractivity contribution in [3.05, 3.63) is 60.2 Å². The highest BCUT2D eigenvalue weighted by Crippen LogP contribution is 2.41. The summed E-state index contributed by atoms with van der Waals surface area (Å²) in [5.41, 5.74) is 2.98. The first-order valence-corrected chi connectivity index (χ1v) is 11.7. The monoisotopic (exact) mass is 430 g/mol. The van der Waals surface area contributed by atoms with Crippen LogP contribution >= 0.6 is 0 Å². The molecule has 0 radical (unpaired) electrons. The second-order valence-electron chi connectivity index (χ2n) is 9.11. The van der Waals surface area contributed by atoms with Gasteiger partial charge in [-0.05, 0) is 42.9 Å². The molecule has 2 aromatic carbocycles. The highest BCUT2D eigenvalue weighted by atomic mass is 16.2. The minimum atomic E-state index is -0.539. The summed E-state index contributed by atoms with van der Waals surface area (Å²) in [6.07, 6.45) is 5.37. The molecule has 0 unspecified atom stereocenters. The molecule has 1 N–H and O–H groups in total. The van der Waals surface area contributed by atoms with Crippen molar-refractivity contribution in [3.63, 3.8) is 0 Å². The Morgan fingerprint density at radius 2 is 1.81 bits per heavy atom. The van der Waals surface area contributed by atoms with Gasteiger partial charge < -0.3 is 5.32 Å². The Hall–Kier alpha value is -3.15. The van der Waals surface area contributed by atoms with E-state index in [1.807, 2.05) is 51.9 Å². The van der Waals surface area contributed by atoms with Crippen molar-refractivity contribution in [3.8, 4) is 0 Å². The fourth-order valence-electron chi connectivity index (χ4n) is 5.29. The summed E-state index contributed by atoms with van der Waals surface area (Å²) in [6, 6.07) is 17.6. The maximum atomic E-state index is 13.6. The van der Waals surface area contributed by atoms with Gasteiger partial charge in [-0.1, -0.05) is 62.2 Å². The first-order valence-electron chi connectivity index (χ1n) is 11.7.